The molecule has 37 heavy (non-hydrogen) atoms. The molecule has 1 amide bonds. The van der Waals surface area contributed by atoms with E-state index in [1.807, 2.05) is 12.1 Å². The number of ether oxygens (including phenoxy) is 2. The van der Waals surface area contributed by atoms with Crippen molar-refractivity contribution in [1.82, 2.24) is 4.90 Å². The lowest BCUT2D eigenvalue weighted by molar-refractivity contribution is -0.384. The number of carbonyl (C=O) groups excluding carboxylic acids is 1. The van der Waals surface area contributed by atoms with Gasteiger partial charge in [0, 0.05) is 23.7 Å². The molecule has 0 spiro atoms. The molecule has 1 aromatic heterocycles. The van der Waals surface area contributed by atoms with Gasteiger partial charge in [-0.3, -0.25) is 19.7 Å². The topological polar surface area (TPSA) is 112 Å². The van der Waals surface area contributed by atoms with Gasteiger partial charge in [0.25, 0.3) is 11.6 Å². The van der Waals surface area contributed by atoms with Crippen molar-refractivity contribution in [3.63, 3.8) is 0 Å². The van der Waals surface area contributed by atoms with E-state index in [0.717, 1.165) is 5.56 Å². The third-order valence-corrected chi connectivity index (χ3v) is 6.65. The quantitative estimate of drug-likeness (QED) is 0.244. The number of hydrogen-bond donors (Lipinski definition) is 0. The lowest BCUT2D eigenvalue weighted by Gasteiger charge is -2.25. The number of fused-ring (bicyclic) bond motifs is 2. The standard InChI is InChI=1S/C27H21ClN2O7/c1-35-21-8-6-15(12-22(21)36-2)10-11-29-24(16-4-3-5-18(13-16)30(33)34)23-25(31)19-14-17(28)7-9-20(19)37-26(23)27(29)32/h3-9,12-14,24H,10-11H2,1-2H3. The fourth-order valence-electron chi connectivity index (χ4n) is 4.66. The van der Waals surface area contributed by atoms with Crippen LogP contribution in [0, 0.1) is 10.1 Å². The van der Waals surface area contributed by atoms with E-state index >= 15 is 0 Å². The number of nitro groups is 1. The summed E-state index contributed by atoms with van der Waals surface area (Å²) in [6.07, 6.45) is 0.422. The van der Waals surface area contributed by atoms with Gasteiger partial charge in [-0.05, 0) is 47.9 Å². The number of hydrogen-bond acceptors (Lipinski definition) is 7. The molecule has 5 rings (SSSR count). The smallest absolute Gasteiger partial charge is 0.290 e. The van der Waals surface area contributed by atoms with Crippen molar-refractivity contribution in [3.8, 4) is 11.5 Å². The molecule has 2 heterocycles. The molecular weight excluding hydrogens is 500 g/mol. The molecule has 3 aromatic carbocycles. The minimum absolute atomic E-state index is 0.0800. The first-order valence-electron chi connectivity index (χ1n) is 11.3. The Kier molecular flexibility index (Phi) is 6.31. The van der Waals surface area contributed by atoms with Gasteiger partial charge in [-0.2, -0.15) is 0 Å². The molecule has 1 atom stereocenters. The summed E-state index contributed by atoms with van der Waals surface area (Å²) < 4.78 is 16.6. The summed E-state index contributed by atoms with van der Waals surface area (Å²) in [6.45, 7) is 0.211. The average molecular weight is 521 g/mol. The summed E-state index contributed by atoms with van der Waals surface area (Å²) in [6, 6.07) is 15.1. The van der Waals surface area contributed by atoms with Crippen LogP contribution in [0.1, 0.15) is 33.3 Å². The Bertz CT molecular complexity index is 1610. The molecule has 0 N–H and O–H groups in total. The molecule has 0 saturated carbocycles. The highest BCUT2D eigenvalue weighted by Crippen LogP contribution is 2.39. The monoisotopic (exact) mass is 520 g/mol. The molecule has 0 fully saturated rings. The third kappa shape index (κ3) is 4.27. The highest BCUT2D eigenvalue weighted by molar-refractivity contribution is 6.31. The van der Waals surface area contributed by atoms with Crippen molar-refractivity contribution in [3.05, 3.63) is 108 Å². The van der Waals surface area contributed by atoms with Crippen LogP contribution in [-0.2, 0) is 6.42 Å². The zero-order valence-electron chi connectivity index (χ0n) is 19.9. The van der Waals surface area contributed by atoms with Gasteiger partial charge in [0.15, 0.2) is 16.9 Å². The summed E-state index contributed by atoms with van der Waals surface area (Å²) in [7, 11) is 3.08. The molecule has 188 valence electrons. The number of rotatable bonds is 7. The van der Waals surface area contributed by atoms with Gasteiger partial charge in [0.2, 0.25) is 5.76 Å². The van der Waals surface area contributed by atoms with Crippen LogP contribution in [0.3, 0.4) is 0 Å². The summed E-state index contributed by atoms with van der Waals surface area (Å²) >= 11 is 6.12. The maximum atomic E-state index is 13.6. The minimum Gasteiger partial charge on any atom is -0.493 e. The molecule has 1 unspecified atom stereocenters. The summed E-state index contributed by atoms with van der Waals surface area (Å²) in [4.78, 5) is 39.7. The second-order valence-corrected chi connectivity index (χ2v) is 8.94. The average Bonchev–Trinajstić information content (AvgIpc) is 3.19. The second-order valence-electron chi connectivity index (χ2n) is 8.51. The molecule has 0 radical (unpaired) electrons. The number of amides is 1. The maximum Gasteiger partial charge on any atom is 0.290 e. The Balaban J connectivity index is 1.62. The van der Waals surface area contributed by atoms with Gasteiger partial charge in [-0.1, -0.05) is 29.8 Å². The number of halogens is 1. The number of nitro benzene ring substituents is 1. The van der Waals surface area contributed by atoms with Gasteiger partial charge >= 0.3 is 0 Å². The molecule has 1 aliphatic heterocycles. The van der Waals surface area contributed by atoms with Crippen molar-refractivity contribution in [2.45, 2.75) is 12.5 Å². The van der Waals surface area contributed by atoms with E-state index in [0.29, 0.717) is 28.5 Å². The van der Waals surface area contributed by atoms with Crippen LogP contribution in [0.5, 0.6) is 11.5 Å². The predicted octanol–water partition coefficient (Wildman–Crippen LogP) is 5.16. The zero-order valence-corrected chi connectivity index (χ0v) is 20.7. The van der Waals surface area contributed by atoms with Crippen LogP contribution < -0.4 is 14.9 Å². The highest BCUT2D eigenvalue weighted by atomic mass is 35.5. The number of benzene rings is 3. The molecule has 0 bridgehead atoms. The van der Waals surface area contributed by atoms with Gasteiger partial charge in [-0.15, -0.1) is 0 Å². The van der Waals surface area contributed by atoms with E-state index in [1.165, 1.54) is 36.3 Å². The first kappa shape index (κ1) is 24.3. The van der Waals surface area contributed by atoms with Crippen LogP contribution in [0.4, 0.5) is 5.69 Å². The van der Waals surface area contributed by atoms with Gasteiger partial charge < -0.3 is 18.8 Å². The van der Waals surface area contributed by atoms with Gasteiger partial charge in [0.05, 0.1) is 36.1 Å². The Morgan fingerprint density at radius 3 is 2.54 bits per heavy atom. The van der Waals surface area contributed by atoms with Crippen LogP contribution in [0.15, 0.2) is 69.9 Å². The Morgan fingerprint density at radius 2 is 1.81 bits per heavy atom. The predicted molar refractivity (Wildman–Crippen MR) is 137 cm³/mol. The lowest BCUT2D eigenvalue weighted by atomic mass is 9.98. The fourth-order valence-corrected chi connectivity index (χ4v) is 4.84. The Morgan fingerprint density at radius 1 is 1.03 bits per heavy atom. The molecule has 0 saturated heterocycles. The maximum absolute atomic E-state index is 13.6. The molecule has 9 nitrogen and oxygen atoms in total. The third-order valence-electron chi connectivity index (χ3n) is 6.41. The molecule has 4 aromatic rings. The van der Waals surface area contributed by atoms with Crippen molar-refractivity contribution < 1.29 is 23.6 Å². The Hall–Kier alpha value is -4.37. The van der Waals surface area contributed by atoms with E-state index in [1.54, 1.807) is 31.4 Å². The number of non-ortho nitro benzene ring substituents is 1. The van der Waals surface area contributed by atoms with E-state index < -0.39 is 22.3 Å². The summed E-state index contributed by atoms with van der Waals surface area (Å²) in [5.41, 5.74) is 1.12. The fraction of sp³-hybridized carbons (Fsp3) is 0.185. The molecule has 1 aliphatic rings. The van der Waals surface area contributed by atoms with Gasteiger partial charge in [-0.25, -0.2) is 0 Å². The highest BCUT2D eigenvalue weighted by Gasteiger charge is 2.42. The summed E-state index contributed by atoms with van der Waals surface area (Å²) in [5, 5.41) is 12.1. The first-order chi connectivity index (χ1) is 17.8. The van der Waals surface area contributed by atoms with E-state index in [4.69, 9.17) is 25.5 Å². The molecular formula is C27H21ClN2O7. The van der Waals surface area contributed by atoms with Crippen LogP contribution >= 0.6 is 11.6 Å². The number of methoxy groups -OCH3 is 2. The van der Waals surface area contributed by atoms with Crippen LogP contribution in [0.25, 0.3) is 11.0 Å². The summed E-state index contributed by atoms with van der Waals surface area (Å²) in [5.74, 6) is 0.571. The first-order valence-corrected chi connectivity index (χ1v) is 11.7. The van der Waals surface area contributed by atoms with E-state index in [2.05, 4.69) is 0 Å². The number of nitrogens with zero attached hydrogens (tertiary/aromatic N) is 2. The van der Waals surface area contributed by atoms with Crippen LogP contribution in [-0.4, -0.2) is 36.5 Å². The van der Waals surface area contributed by atoms with Crippen molar-refractivity contribution in [1.29, 1.82) is 0 Å². The Labute approximate surface area is 215 Å². The SMILES string of the molecule is COc1ccc(CCN2C(=O)c3oc4ccc(Cl)cc4c(=O)c3C2c2cccc([N+](=O)[O-])c2)cc1OC. The lowest BCUT2D eigenvalue weighted by Crippen LogP contribution is -2.31. The normalized spacial score (nSPS) is 14.6. The van der Waals surface area contributed by atoms with E-state index in [-0.39, 0.29) is 34.5 Å². The largest absolute Gasteiger partial charge is 0.493 e. The minimum atomic E-state index is -0.873. The van der Waals surface area contributed by atoms with Crippen molar-refractivity contribution in [2.24, 2.45) is 0 Å². The molecule has 0 aliphatic carbocycles. The van der Waals surface area contributed by atoms with Crippen molar-refractivity contribution >= 4 is 34.2 Å². The van der Waals surface area contributed by atoms with E-state index in [9.17, 15) is 19.7 Å². The second kappa shape index (κ2) is 9.59. The van der Waals surface area contributed by atoms with Crippen molar-refractivity contribution in [2.75, 3.05) is 20.8 Å². The number of carbonyl (C=O) groups is 1. The van der Waals surface area contributed by atoms with Gasteiger partial charge in [0.1, 0.15) is 5.58 Å². The zero-order chi connectivity index (χ0) is 26.3. The molecule has 10 heteroatoms. The van der Waals surface area contributed by atoms with Crippen LogP contribution in [0.2, 0.25) is 5.02 Å².